The number of carbonyl (C=O) groups excluding carboxylic acids is 1. The van der Waals surface area contributed by atoms with Gasteiger partial charge < -0.3 is 9.80 Å². The highest BCUT2D eigenvalue weighted by Crippen LogP contribution is 2.25. The minimum absolute atomic E-state index is 0.251. The lowest BCUT2D eigenvalue weighted by Crippen LogP contribution is -2.52. The molecule has 0 aromatic heterocycles. The molecule has 2 aliphatic heterocycles. The zero-order valence-corrected chi connectivity index (χ0v) is 16.4. The van der Waals surface area contributed by atoms with Crippen molar-refractivity contribution in [2.45, 2.75) is 20.3 Å². The lowest BCUT2D eigenvalue weighted by Gasteiger charge is -2.39. The summed E-state index contributed by atoms with van der Waals surface area (Å²) in [6.45, 7) is 10.0. The number of benzene rings is 1. The molecule has 2 aliphatic rings. The fourth-order valence-corrected chi connectivity index (χ4v) is 4.35. The molecule has 3 rings (SSSR count). The molecule has 0 spiro atoms. The van der Waals surface area contributed by atoms with Gasteiger partial charge in [0.15, 0.2) is 0 Å². The van der Waals surface area contributed by atoms with Crippen molar-refractivity contribution < 1.29 is 4.79 Å². The van der Waals surface area contributed by atoms with Crippen LogP contribution in [-0.2, 0) is 4.79 Å². The summed E-state index contributed by atoms with van der Waals surface area (Å²) in [4.78, 5) is 19.1. The highest BCUT2D eigenvalue weighted by molar-refractivity contribution is 6.30. The van der Waals surface area contributed by atoms with Gasteiger partial charge in [-0.2, -0.15) is 5.26 Å². The van der Waals surface area contributed by atoms with E-state index in [0.29, 0.717) is 29.0 Å². The van der Waals surface area contributed by atoms with Crippen LogP contribution in [0.25, 0.3) is 0 Å². The normalized spacial score (nSPS) is 24.4. The lowest BCUT2D eigenvalue weighted by molar-refractivity contribution is -0.135. The largest absolute Gasteiger partial charge is 0.368 e. The van der Waals surface area contributed by atoms with Crippen molar-refractivity contribution in [2.75, 3.05) is 50.7 Å². The zero-order chi connectivity index (χ0) is 18.7. The summed E-state index contributed by atoms with van der Waals surface area (Å²) in [6, 6.07) is 7.68. The number of carbonyl (C=O) groups is 1. The van der Waals surface area contributed by atoms with Gasteiger partial charge in [-0.3, -0.25) is 9.69 Å². The minimum Gasteiger partial charge on any atom is -0.368 e. The van der Waals surface area contributed by atoms with E-state index in [-0.39, 0.29) is 5.91 Å². The predicted molar refractivity (Wildman–Crippen MR) is 104 cm³/mol. The molecule has 140 valence electrons. The highest BCUT2D eigenvalue weighted by Gasteiger charge is 2.27. The van der Waals surface area contributed by atoms with E-state index in [0.717, 1.165) is 45.0 Å². The van der Waals surface area contributed by atoms with Gasteiger partial charge in [0.05, 0.1) is 17.8 Å². The number of nitriles is 1. The average Bonchev–Trinajstić information content (AvgIpc) is 2.61. The number of hydrogen-bond acceptors (Lipinski definition) is 4. The van der Waals surface area contributed by atoms with Crippen LogP contribution in [0.15, 0.2) is 18.2 Å². The topological polar surface area (TPSA) is 50.6 Å². The monoisotopic (exact) mass is 374 g/mol. The van der Waals surface area contributed by atoms with Crippen molar-refractivity contribution in [3.63, 3.8) is 0 Å². The maximum Gasteiger partial charge on any atom is 0.236 e. The minimum atomic E-state index is 0.251. The zero-order valence-electron chi connectivity index (χ0n) is 15.6. The van der Waals surface area contributed by atoms with Gasteiger partial charge >= 0.3 is 0 Å². The summed E-state index contributed by atoms with van der Waals surface area (Å²) in [5, 5.41) is 9.92. The first-order chi connectivity index (χ1) is 12.5. The third-order valence-corrected chi connectivity index (χ3v) is 5.61. The van der Waals surface area contributed by atoms with Crippen LogP contribution in [0.1, 0.15) is 25.8 Å². The first kappa shape index (κ1) is 19.0. The first-order valence-electron chi connectivity index (χ1n) is 9.41. The van der Waals surface area contributed by atoms with Crippen LogP contribution >= 0.6 is 11.6 Å². The molecule has 26 heavy (non-hydrogen) atoms. The second-order valence-electron chi connectivity index (χ2n) is 7.78. The number of rotatable bonds is 3. The van der Waals surface area contributed by atoms with E-state index < -0.39 is 0 Å². The molecule has 5 nitrogen and oxygen atoms in total. The van der Waals surface area contributed by atoms with Crippen molar-refractivity contribution in [2.24, 2.45) is 11.8 Å². The Morgan fingerprint density at radius 1 is 1.19 bits per heavy atom. The van der Waals surface area contributed by atoms with E-state index in [9.17, 15) is 10.1 Å². The van der Waals surface area contributed by atoms with Crippen molar-refractivity contribution in [1.29, 1.82) is 5.26 Å². The summed E-state index contributed by atoms with van der Waals surface area (Å²) in [7, 11) is 0. The molecule has 0 saturated carbocycles. The Labute approximate surface area is 161 Å². The van der Waals surface area contributed by atoms with Crippen molar-refractivity contribution in [3.05, 3.63) is 28.8 Å². The first-order valence-corrected chi connectivity index (χ1v) is 9.78. The third-order valence-electron chi connectivity index (χ3n) is 5.37. The van der Waals surface area contributed by atoms with Crippen LogP contribution in [0, 0.1) is 23.2 Å². The number of piperazine rings is 1. The van der Waals surface area contributed by atoms with E-state index in [1.165, 1.54) is 6.42 Å². The molecular weight excluding hydrogens is 348 g/mol. The van der Waals surface area contributed by atoms with Gasteiger partial charge in [0, 0.05) is 44.3 Å². The number of hydrogen-bond donors (Lipinski definition) is 0. The van der Waals surface area contributed by atoms with Gasteiger partial charge in [-0.25, -0.2) is 0 Å². The number of amides is 1. The Hall–Kier alpha value is -1.77. The molecule has 2 saturated heterocycles. The number of halogens is 1. The Morgan fingerprint density at radius 3 is 2.46 bits per heavy atom. The molecular formula is C20H27ClN4O. The summed E-state index contributed by atoms with van der Waals surface area (Å²) in [5.74, 6) is 1.43. The van der Waals surface area contributed by atoms with Gasteiger partial charge in [0.2, 0.25) is 5.91 Å². The van der Waals surface area contributed by atoms with Crippen molar-refractivity contribution in [1.82, 2.24) is 9.80 Å². The molecule has 2 unspecified atom stereocenters. The Morgan fingerprint density at radius 2 is 1.85 bits per heavy atom. The molecule has 1 amide bonds. The number of nitrogens with zero attached hydrogens (tertiary/aromatic N) is 4. The molecule has 2 atom stereocenters. The lowest BCUT2D eigenvalue weighted by atomic mass is 9.92. The maximum atomic E-state index is 12.7. The average molecular weight is 375 g/mol. The van der Waals surface area contributed by atoms with Crippen molar-refractivity contribution >= 4 is 23.2 Å². The van der Waals surface area contributed by atoms with Crippen LogP contribution in [0.2, 0.25) is 5.02 Å². The molecule has 0 N–H and O–H groups in total. The molecule has 2 fully saturated rings. The Balaban J connectivity index is 1.54. The van der Waals surface area contributed by atoms with Crippen molar-refractivity contribution in [3.8, 4) is 6.07 Å². The number of likely N-dealkylation sites (tertiary alicyclic amines) is 1. The molecule has 1 aromatic carbocycles. The Bertz CT molecular complexity index is 684. The van der Waals surface area contributed by atoms with Crippen LogP contribution in [0.5, 0.6) is 0 Å². The van der Waals surface area contributed by atoms with E-state index in [2.05, 4.69) is 29.7 Å². The second-order valence-corrected chi connectivity index (χ2v) is 8.22. The fourth-order valence-electron chi connectivity index (χ4n) is 4.18. The van der Waals surface area contributed by atoms with E-state index in [1.807, 2.05) is 17.0 Å². The van der Waals surface area contributed by atoms with E-state index >= 15 is 0 Å². The molecule has 1 aromatic rings. The smallest absolute Gasteiger partial charge is 0.236 e. The molecule has 2 heterocycles. The molecule has 0 radical (unpaired) electrons. The molecule has 6 heteroatoms. The summed E-state index contributed by atoms with van der Waals surface area (Å²) in [5.41, 5.74) is 1.54. The SMILES string of the molecule is CC1CC(C)CN(C(=O)CN2CCN(c3ccc(Cl)cc3C#N)CC2)C1. The van der Waals surface area contributed by atoms with E-state index in [4.69, 9.17) is 11.6 Å². The highest BCUT2D eigenvalue weighted by atomic mass is 35.5. The quantitative estimate of drug-likeness (QED) is 0.816. The summed E-state index contributed by atoms with van der Waals surface area (Å²) >= 11 is 5.99. The second kappa shape index (κ2) is 8.28. The number of anilines is 1. The fraction of sp³-hybridized carbons (Fsp3) is 0.600. The number of piperidine rings is 1. The summed E-state index contributed by atoms with van der Waals surface area (Å²) < 4.78 is 0. The third kappa shape index (κ3) is 4.49. The van der Waals surface area contributed by atoms with Crippen LogP contribution in [0.4, 0.5) is 5.69 Å². The van der Waals surface area contributed by atoms with Gasteiger partial charge in [-0.1, -0.05) is 25.4 Å². The maximum absolute atomic E-state index is 12.7. The van der Waals surface area contributed by atoms with Gasteiger partial charge in [0.1, 0.15) is 6.07 Å². The van der Waals surface area contributed by atoms with E-state index in [1.54, 1.807) is 6.07 Å². The van der Waals surface area contributed by atoms with Gasteiger partial charge in [-0.05, 0) is 36.5 Å². The van der Waals surface area contributed by atoms with Crippen LogP contribution < -0.4 is 4.90 Å². The predicted octanol–water partition coefficient (Wildman–Crippen LogP) is 2.84. The summed E-state index contributed by atoms with van der Waals surface area (Å²) in [6.07, 6.45) is 1.21. The van der Waals surface area contributed by atoms with Gasteiger partial charge in [-0.15, -0.1) is 0 Å². The Kier molecular flexibility index (Phi) is 6.05. The standard InChI is InChI=1S/C20H27ClN4O/c1-15-9-16(2)13-25(12-15)20(26)14-23-5-7-24(8-6-23)19-4-3-18(21)10-17(19)11-22/h3-4,10,15-16H,5-9,12-14H2,1-2H3. The molecule has 0 bridgehead atoms. The molecule has 0 aliphatic carbocycles. The van der Waals surface area contributed by atoms with Crippen LogP contribution in [0.3, 0.4) is 0 Å². The van der Waals surface area contributed by atoms with Crippen LogP contribution in [-0.4, -0.2) is 61.5 Å². The van der Waals surface area contributed by atoms with Gasteiger partial charge in [0.25, 0.3) is 0 Å².